The van der Waals surface area contributed by atoms with Gasteiger partial charge in [-0.1, -0.05) is 36.4 Å². The van der Waals surface area contributed by atoms with Crippen LogP contribution in [0.2, 0.25) is 0 Å². The Morgan fingerprint density at radius 3 is 2.21 bits per heavy atom. The van der Waals surface area contributed by atoms with Crippen LogP contribution in [0.5, 0.6) is 0 Å². The molecular formula is C20H19NO3. The molecule has 0 unspecified atom stereocenters. The van der Waals surface area contributed by atoms with E-state index in [0.717, 1.165) is 16.8 Å². The first-order valence-electron chi connectivity index (χ1n) is 7.78. The molecule has 0 saturated carbocycles. The molecule has 0 atom stereocenters. The average molecular weight is 321 g/mol. The lowest BCUT2D eigenvalue weighted by atomic mass is 9.88. The maximum Gasteiger partial charge on any atom is 0.336 e. The number of amides is 1. The zero-order valence-corrected chi connectivity index (χ0v) is 13.9. The lowest BCUT2D eigenvalue weighted by Crippen LogP contribution is -2.49. The van der Waals surface area contributed by atoms with Gasteiger partial charge in [0, 0.05) is 5.56 Å². The Morgan fingerprint density at radius 1 is 0.958 bits per heavy atom. The van der Waals surface area contributed by atoms with Gasteiger partial charge in [-0.3, -0.25) is 9.69 Å². The van der Waals surface area contributed by atoms with Crippen LogP contribution in [0.25, 0.3) is 5.57 Å². The molecule has 0 bridgehead atoms. The topological polar surface area (TPSA) is 57.6 Å². The van der Waals surface area contributed by atoms with Gasteiger partial charge in [-0.05, 0) is 44.5 Å². The van der Waals surface area contributed by atoms with Gasteiger partial charge in [-0.2, -0.15) is 0 Å². The van der Waals surface area contributed by atoms with Crippen LogP contribution >= 0.6 is 0 Å². The van der Waals surface area contributed by atoms with Crippen molar-refractivity contribution < 1.29 is 14.7 Å². The number of carbonyl (C=O) groups is 2. The van der Waals surface area contributed by atoms with Gasteiger partial charge >= 0.3 is 5.97 Å². The van der Waals surface area contributed by atoms with E-state index in [-0.39, 0.29) is 17.0 Å². The number of benzene rings is 2. The monoisotopic (exact) mass is 321 g/mol. The molecule has 4 heteroatoms. The number of hydrogen-bond donors (Lipinski definition) is 1. The minimum atomic E-state index is -1.10. The zero-order chi connectivity index (χ0) is 17.5. The third kappa shape index (κ3) is 2.50. The van der Waals surface area contributed by atoms with Crippen molar-refractivity contribution in [2.24, 2.45) is 0 Å². The quantitative estimate of drug-likeness (QED) is 0.900. The van der Waals surface area contributed by atoms with Gasteiger partial charge in [-0.15, -0.1) is 0 Å². The van der Waals surface area contributed by atoms with E-state index in [0.29, 0.717) is 0 Å². The van der Waals surface area contributed by atoms with E-state index in [2.05, 4.69) is 0 Å². The summed E-state index contributed by atoms with van der Waals surface area (Å²) in [6.07, 6.45) is 2.04. The Morgan fingerprint density at radius 2 is 1.54 bits per heavy atom. The summed E-state index contributed by atoms with van der Waals surface area (Å²) in [6.45, 7) is 5.93. The number of carbonyl (C=O) groups excluding carboxylic acids is 1. The molecule has 2 aromatic carbocycles. The van der Waals surface area contributed by atoms with Crippen LogP contribution in [0.3, 0.4) is 0 Å². The molecule has 0 fully saturated rings. The average Bonchev–Trinajstić information content (AvgIpc) is 2.54. The highest BCUT2D eigenvalue weighted by Crippen LogP contribution is 2.39. The van der Waals surface area contributed by atoms with E-state index in [4.69, 9.17) is 0 Å². The Balaban J connectivity index is 2.18. The van der Waals surface area contributed by atoms with E-state index in [9.17, 15) is 14.7 Å². The second-order valence-corrected chi connectivity index (χ2v) is 6.49. The van der Waals surface area contributed by atoms with E-state index in [1.807, 2.05) is 51.1 Å². The first-order chi connectivity index (χ1) is 11.3. The Bertz CT molecular complexity index is 865. The molecule has 1 aliphatic rings. The van der Waals surface area contributed by atoms with Crippen molar-refractivity contribution in [1.82, 2.24) is 0 Å². The Kier molecular flexibility index (Phi) is 3.76. The molecule has 0 saturated heterocycles. The van der Waals surface area contributed by atoms with Gasteiger partial charge in [0.05, 0.1) is 22.4 Å². The number of aromatic carboxylic acids is 1. The van der Waals surface area contributed by atoms with Crippen LogP contribution in [0, 0.1) is 0 Å². The largest absolute Gasteiger partial charge is 0.478 e. The highest BCUT2D eigenvalue weighted by molar-refractivity contribution is 6.14. The summed E-state index contributed by atoms with van der Waals surface area (Å²) in [5.74, 6) is -1.41. The van der Waals surface area contributed by atoms with Crippen molar-refractivity contribution in [3.63, 3.8) is 0 Å². The molecule has 1 heterocycles. The molecular weight excluding hydrogens is 302 g/mol. The first kappa shape index (κ1) is 16.0. The van der Waals surface area contributed by atoms with Crippen LogP contribution < -0.4 is 4.90 Å². The number of rotatable bonds is 2. The van der Waals surface area contributed by atoms with Gasteiger partial charge in [0.1, 0.15) is 0 Å². The fraction of sp³-hybridized carbons (Fsp3) is 0.200. The van der Waals surface area contributed by atoms with Crippen LogP contribution in [0.1, 0.15) is 47.1 Å². The van der Waals surface area contributed by atoms with Crippen molar-refractivity contribution in [2.75, 3.05) is 4.90 Å². The van der Waals surface area contributed by atoms with Crippen LogP contribution in [0.15, 0.2) is 54.6 Å². The molecule has 24 heavy (non-hydrogen) atoms. The highest BCUT2D eigenvalue weighted by Gasteiger charge is 2.37. The van der Waals surface area contributed by atoms with Gasteiger partial charge < -0.3 is 5.11 Å². The minimum Gasteiger partial charge on any atom is -0.478 e. The molecule has 1 amide bonds. The number of hydrogen-bond acceptors (Lipinski definition) is 2. The summed E-state index contributed by atoms with van der Waals surface area (Å²) in [5, 5.41) is 9.40. The molecule has 0 spiro atoms. The second-order valence-electron chi connectivity index (χ2n) is 6.49. The van der Waals surface area contributed by atoms with Crippen molar-refractivity contribution in [3.8, 4) is 0 Å². The van der Waals surface area contributed by atoms with Crippen molar-refractivity contribution in [1.29, 1.82) is 0 Å². The standard InChI is InChI=1S/C20H19NO3/c1-13-12-20(2,3)21(17-11-7-6-8-14(13)17)18(22)15-9-4-5-10-16(15)19(23)24/h4-12H,1-3H3,(H,23,24). The van der Waals surface area contributed by atoms with E-state index < -0.39 is 11.5 Å². The molecule has 0 aromatic heterocycles. The summed E-state index contributed by atoms with van der Waals surface area (Å²) in [6, 6.07) is 14.0. The predicted molar refractivity (Wildman–Crippen MR) is 94.4 cm³/mol. The lowest BCUT2D eigenvalue weighted by molar-refractivity contribution is 0.0691. The highest BCUT2D eigenvalue weighted by atomic mass is 16.4. The lowest BCUT2D eigenvalue weighted by Gasteiger charge is -2.41. The molecule has 2 aromatic rings. The molecule has 4 nitrogen and oxygen atoms in total. The van der Waals surface area contributed by atoms with Gasteiger partial charge in [0.25, 0.3) is 5.91 Å². The molecule has 1 N–H and O–H groups in total. The molecule has 0 aliphatic carbocycles. The van der Waals surface area contributed by atoms with E-state index in [1.54, 1.807) is 23.1 Å². The zero-order valence-electron chi connectivity index (χ0n) is 13.9. The molecule has 3 rings (SSSR count). The number of nitrogens with zero attached hydrogens (tertiary/aromatic N) is 1. The number of para-hydroxylation sites is 1. The second kappa shape index (κ2) is 5.64. The third-order valence-corrected chi connectivity index (χ3v) is 4.31. The van der Waals surface area contributed by atoms with Crippen molar-refractivity contribution >= 4 is 23.1 Å². The van der Waals surface area contributed by atoms with Gasteiger partial charge in [-0.25, -0.2) is 4.79 Å². The fourth-order valence-corrected chi connectivity index (χ4v) is 3.33. The fourth-order valence-electron chi connectivity index (χ4n) is 3.33. The molecule has 122 valence electrons. The van der Waals surface area contributed by atoms with Gasteiger partial charge in [0.15, 0.2) is 0 Å². The summed E-state index contributed by atoms with van der Waals surface area (Å²) in [7, 11) is 0. The SMILES string of the molecule is CC1=CC(C)(C)N(C(=O)c2ccccc2C(=O)O)c2ccccc21. The van der Waals surface area contributed by atoms with Gasteiger partial charge in [0.2, 0.25) is 0 Å². The number of anilines is 1. The van der Waals surface area contributed by atoms with E-state index in [1.165, 1.54) is 6.07 Å². The maximum atomic E-state index is 13.2. The van der Waals surface area contributed by atoms with Crippen molar-refractivity contribution in [3.05, 3.63) is 71.3 Å². The number of fused-ring (bicyclic) bond motifs is 1. The molecule has 1 aliphatic heterocycles. The van der Waals surface area contributed by atoms with Crippen LogP contribution in [0.4, 0.5) is 5.69 Å². The minimum absolute atomic E-state index is 0.0158. The summed E-state index contributed by atoms with van der Waals surface area (Å²) < 4.78 is 0. The summed E-state index contributed by atoms with van der Waals surface area (Å²) in [4.78, 5) is 26.4. The predicted octanol–water partition coefficient (Wildman–Crippen LogP) is 4.23. The normalized spacial score (nSPS) is 15.5. The maximum absolute atomic E-state index is 13.2. The molecule has 0 radical (unpaired) electrons. The number of allylic oxidation sites excluding steroid dienone is 1. The summed E-state index contributed by atoms with van der Waals surface area (Å²) in [5.41, 5.74) is 2.54. The summed E-state index contributed by atoms with van der Waals surface area (Å²) >= 11 is 0. The first-order valence-corrected chi connectivity index (χ1v) is 7.78. The smallest absolute Gasteiger partial charge is 0.336 e. The Labute approximate surface area is 141 Å². The number of carboxylic acid groups (broad SMARTS) is 1. The van der Waals surface area contributed by atoms with Crippen LogP contribution in [-0.4, -0.2) is 22.5 Å². The Hall–Kier alpha value is -2.88. The van der Waals surface area contributed by atoms with Crippen molar-refractivity contribution in [2.45, 2.75) is 26.3 Å². The van der Waals surface area contributed by atoms with E-state index >= 15 is 0 Å². The van der Waals surface area contributed by atoms with Crippen LogP contribution in [-0.2, 0) is 0 Å². The third-order valence-electron chi connectivity index (χ3n) is 4.31. The number of carboxylic acids is 1.